The van der Waals surface area contributed by atoms with E-state index in [-0.39, 0.29) is 4.90 Å². The van der Waals surface area contributed by atoms with Crippen molar-refractivity contribution >= 4 is 41.9 Å². The number of primary sulfonamides is 1. The summed E-state index contributed by atoms with van der Waals surface area (Å²) in [5.41, 5.74) is 0. The summed E-state index contributed by atoms with van der Waals surface area (Å²) in [6.45, 7) is 0. The molecular formula is C12H9Br2NO3S. The quantitative estimate of drug-likeness (QED) is 0.845. The summed E-state index contributed by atoms with van der Waals surface area (Å²) < 4.78 is 29.5. The van der Waals surface area contributed by atoms with Gasteiger partial charge in [0.25, 0.3) is 0 Å². The Kier molecular flexibility index (Phi) is 4.29. The Bertz CT molecular complexity index is 717. The molecule has 0 aromatic heterocycles. The molecule has 4 nitrogen and oxygen atoms in total. The van der Waals surface area contributed by atoms with E-state index in [1.807, 2.05) is 12.1 Å². The first kappa shape index (κ1) is 14.5. The summed E-state index contributed by atoms with van der Waals surface area (Å²) >= 11 is 6.60. The molecule has 2 rings (SSSR count). The molecule has 19 heavy (non-hydrogen) atoms. The Labute approximate surface area is 127 Å². The molecule has 0 unspecified atom stereocenters. The molecule has 0 saturated carbocycles. The van der Waals surface area contributed by atoms with Crippen LogP contribution in [0.1, 0.15) is 0 Å². The SMILES string of the molecule is NS(=O)(=O)c1ccc(Oc2cccc(Br)c2)c(Br)c1. The lowest BCUT2D eigenvalue weighted by Gasteiger charge is -2.09. The van der Waals surface area contributed by atoms with Gasteiger partial charge in [-0.25, -0.2) is 13.6 Å². The highest BCUT2D eigenvalue weighted by Gasteiger charge is 2.11. The Morgan fingerprint density at radius 1 is 1.05 bits per heavy atom. The van der Waals surface area contributed by atoms with Gasteiger partial charge in [0.1, 0.15) is 11.5 Å². The molecule has 0 atom stereocenters. The van der Waals surface area contributed by atoms with Crippen molar-refractivity contribution in [1.29, 1.82) is 0 Å². The third-order valence-electron chi connectivity index (χ3n) is 2.26. The van der Waals surface area contributed by atoms with Crippen LogP contribution in [0.5, 0.6) is 11.5 Å². The van der Waals surface area contributed by atoms with Crippen molar-refractivity contribution in [3.8, 4) is 11.5 Å². The van der Waals surface area contributed by atoms with Crippen LogP contribution in [0.2, 0.25) is 0 Å². The zero-order valence-electron chi connectivity index (χ0n) is 9.51. The predicted octanol–water partition coefficient (Wildman–Crippen LogP) is 3.65. The monoisotopic (exact) mass is 405 g/mol. The molecule has 0 fully saturated rings. The third kappa shape index (κ3) is 3.79. The highest BCUT2D eigenvalue weighted by Crippen LogP contribution is 2.32. The number of hydrogen-bond acceptors (Lipinski definition) is 3. The lowest BCUT2D eigenvalue weighted by atomic mass is 10.3. The van der Waals surface area contributed by atoms with Crippen LogP contribution in [0, 0.1) is 0 Å². The van der Waals surface area contributed by atoms with Gasteiger partial charge in [0.05, 0.1) is 9.37 Å². The molecule has 7 heteroatoms. The minimum absolute atomic E-state index is 0.0287. The van der Waals surface area contributed by atoms with Crippen LogP contribution < -0.4 is 9.88 Å². The smallest absolute Gasteiger partial charge is 0.238 e. The second kappa shape index (κ2) is 5.62. The van der Waals surface area contributed by atoms with Gasteiger partial charge >= 0.3 is 0 Å². The average molecular weight is 407 g/mol. The summed E-state index contributed by atoms with van der Waals surface area (Å²) in [6.07, 6.45) is 0. The van der Waals surface area contributed by atoms with E-state index in [0.29, 0.717) is 16.0 Å². The number of sulfonamides is 1. The van der Waals surface area contributed by atoms with Crippen LogP contribution in [0.3, 0.4) is 0 Å². The van der Waals surface area contributed by atoms with Crippen LogP contribution >= 0.6 is 31.9 Å². The van der Waals surface area contributed by atoms with E-state index in [0.717, 1.165) is 4.47 Å². The molecule has 0 bridgehead atoms. The fourth-order valence-corrected chi connectivity index (χ4v) is 2.93. The highest BCUT2D eigenvalue weighted by molar-refractivity contribution is 9.10. The van der Waals surface area contributed by atoms with E-state index in [1.54, 1.807) is 18.2 Å². The number of rotatable bonds is 3. The van der Waals surface area contributed by atoms with Crippen molar-refractivity contribution < 1.29 is 13.2 Å². The average Bonchev–Trinajstić information content (AvgIpc) is 2.30. The second-order valence-corrected chi connectivity index (χ2v) is 7.03. The van der Waals surface area contributed by atoms with Crippen molar-refractivity contribution in [3.63, 3.8) is 0 Å². The first-order valence-corrected chi connectivity index (χ1v) is 8.25. The molecule has 0 amide bonds. The van der Waals surface area contributed by atoms with Crippen LogP contribution in [0.15, 0.2) is 56.3 Å². The van der Waals surface area contributed by atoms with Crippen molar-refractivity contribution in [2.75, 3.05) is 0 Å². The van der Waals surface area contributed by atoms with E-state index in [1.165, 1.54) is 12.1 Å². The molecule has 100 valence electrons. The van der Waals surface area contributed by atoms with Gasteiger partial charge in [-0.3, -0.25) is 0 Å². The topological polar surface area (TPSA) is 69.4 Å². The standard InChI is InChI=1S/C12H9Br2NO3S/c13-8-2-1-3-9(6-8)18-12-5-4-10(7-11(12)14)19(15,16)17/h1-7H,(H2,15,16,17). The third-order valence-corrected chi connectivity index (χ3v) is 4.28. The summed E-state index contributed by atoms with van der Waals surface area (Å²) in [7, 11) is -3.71. The zero-order chi connectivity index (χ0) is 14.0. The number of ether oxygens (including phenoxy) is 1. The normalized spacial score (nSPS) is 11.3. The summed E-state index contributed by atoms with van der Waals surface area (Å²) in [5.74, 6) is 1.14. The van der Waals surface area contributed by atoms with Gasteiger partial charge < -0.3 is 4.74 Å². The van der Waals surface area contributed by atoms with Gasteiger partial charge in [-0.15, -0.1) is 0 Å². The van der Waals surface area contributed by atoms with Gasteiger partial charge in [-0.05, 0) is 52.3 Å². The van der Waals surface area contributed by atoms with Gasteiger partial charge in [-0.1, -0.05) is 22.0 Å². The second-order valence-electron chi connectivity index (χ2n) is 3.70. The summed E-state index contributed by atoms with van der Waals surface area (Å²) in [6, 6.07) is 11.7. The van der Waals surface area contributed by atoms with Crippen LogP contribution in [-0.2, 0) is 10.0 Å². The largest absolute Gasteiger partial charge is 0.456 e. The number of benzene rings is 2. The van der Waals surface area contributed by atoms with Gasteiger partial charge in [0, 0.05) is 4.47 Å². The van der Waals surface area contributed by atoms with Crippen LogP contribution in [-0.4, -0.2) is 8.42 Å². The van der Waals surface area contributed by atoms with Crippen molar-refractivity contribution in [3.05, 3.63) is 51.4 Å². The maximum absolute atomic E-state index is 11.2. The fourth-order valence-electron chi connectivity index (χ4n) is 1.40. The molecule has 0 aliphatic rings. The Hall–Kier alpha value is -0.890. The van der Waals surface area contributed by atoms with E-state index >= 15 is 0 Å². The minimum atomic E-state index is -3.71. The maximum Gasteiger partial charge on any atom is 0.238 e. The highest BCUT2D eigenvalue weighted by atomic mass is 79.9. The van der Waals surface area contributed by atoms with E-state index in [2.05, 4.69) is 31.9 Å². The van der Waals surface area contributed by atoms with Crippen molar-refractivity contribution in [1.82, 2.24) is 0 Å². The van der Waals surface area contributed by atoms with Crippen LogP contribution in [0.4, 0.5) is 0 Å². The Morgan fingerprint density at radius 3 is 2.37 bits per heavy atom. The molecule has 2 N–H and O–H groups in total. The van der Waals surface area contributed by atoms with Crippen molar-refractivity contribution in [2.45, 2.75) is 4.90 Å². The first-order chi connectivity index (χ1) is 8.86. The van der Waals surface area contributed by atoms with Gasteiger partial charge in [0.15, 0.2) is 0 Å². The lowest BCUT2D eigenvalue weighted by Crippen LogP contribution is -2.11. The van der Waals surface area contributed by atoms with E-state index in [4.69, 9.17) is 9.88 Å². The fraction of sp³-hybridized carbons (Fsp3) is 0. The molecule has 0 saturated heterocycles. The minimum Gasteiger partial charge on any atom is -0.456 e. The molecule has 0 aliphatic heterocycles. The molecule has 0 radical (unpaired) electrons. The molecule has 2 aromatic carbocycles. The number of hydrogen-bond donors (Lipinski definition) is 1. The molecular weight excluding hydrogens is 398 g/mol. The van der Waals surface area contributed by atoms with Gasteiger partial charge in [0.2, 0.25) is 10.0 Å². The first-order valence-electron chi connectivity index (χ1n) is 5.12. The summed E-state index contributed by atoms with van der Waals surface area (Å²) in [4.78, 5) is 0.0287. The van der Waals surface area contributed by atoms with E-state index in [9.17, 15) is 8.42 Å². The predicted molar refractivity (Wildman–Crippen MR) is 79.7 cm³/mol. The summed E-state index contributed by atoms with van der Waals surface area (Å²) in [5, 5.41) is 5.05. The van der Waals surface area contributed by atoms with Crippen LogP contribution in [0.25, 0.3) is 0 Å². The maximum atomic E-state index is 11.2. The Morgan fingerprint density at radius 2 is 1.79 bits per heavy atom. The number of nitrogens with two attached hydrogens (primary N) is 1. The molecule has 0 aliphatic carbocycles. The van der Waals surface area contributed by atoms with Gasteiger partial charge in [-0.2, -0.15) is 0 Å². The lowest BCUT2D eigenvalue weighted by molar-refractivity contribution is 0.478. The zero-order valence-corrected chi connectivity index (χ0v) is 13.5. The molecule has 0 heterocycles. The Balaban J connectivity index is 2.32. The molecule has 2 aromatic rings. The van der Waals surface area contributed by atoms with Crippen molar-refractivity contribution in [2.24, 2.45) is 5.14 Å². The number of halogens is 2. The molecule has 0 spiro atoms. The van der Waals surface area contributed by atoms with E-state index < -0.39 is 10.0 Å².